The van der Waals surface area contributed by atoms with E-state index in [4.69, 9.17) is 5.73 Å². The molecular formula is C6H14ClN3O. The Morgan fingerprint density at radius 3 is 2.91 bits per heavy atom. The van der Waals surface area contributed by atoms with E-state index in [2.05, 4.69) is 5.32 Å². The summed E-state index contributed by atoms with van der Waals surface area (Å²) in [6, 6.07) is 0.0247. The normalized spacial score (nSPS) is 17.2. The first-order chi connectivity index (χ1) is 4.84. The lowest BCUT2D eigenvalue weighted by atomic mass is 10.3. The number of halogens is 1. The Kier molecular flexibility index (Phi) is 4.98. The smallest absolute Gasteiger partial charge is 0.317 e. The topological polar surface area (TPSA) is 58.4 Å². The molecule has 0 aromatic carbocycles. The minimum atomic E-state index is 0. The van der Waals surface area contributed by atoms with E-state index in [1.165, 1.54) is 0 Å². The fourth-order valence-corrected chi connectivity index (χ4v) is 1.05. The fourth-order valence-electron chi connectivity index (χ4n) is 1.05. The lowest BCUT2D eigenvalue weighted by molar-refractivity contribution is 0.188. The highest BCUT2D eigenvalue weighted by Crippen LogP contribution is 1.96. The van der Waals surface area contributed by atoms with E-state index >= 15 is 0 Å². The number of carbonyl (C=O) groups excluding carboxylic acids is 1. The van der Waals surface area contributed by atoms with Crippen LogP contribution in [0, 0.1) is 0 Å². The van der Waals surface area contributed by atoms with Gasteiger partial charge in [-0.3, -0.25) is 0 Å². The highest BCUT2D eigenvalue weighted by molar-refractivity contribution is 5.85. The number of nitrogens with zero attached hydrogens (tertiary/aromatic N) is 1. The van der Waals surface area contributed by atoms with E-state index in [9.17, 15) is 4.79 Å². The summed E-state index contributed by atoms with van der Waals surface area (Å²) in [7, 11) is 0. The molecule has 0 radical (unpaired) electrons. The first-order valence-corrected chi connectivity index (χ1v) is 3.57. The largest absolute Gasteiger partial charge is 0.338 e. The van der Waals surface area contributed by atoms with Gasteiger partial charge in [0.25, 0.3) is 0 Å². The lowest BCUT2D eigenvalue weighted by Gasteiger charge is -2.26. The molecule has 1 fully saturated rings. The number of carbonyl (C=O) groups is 1. The standard InChI is InChI=1S/C6H13N3O.ClH/c7-2-5-9-4-1-3-8-6(9)10;/h1-5,7H2,(H,8,10);1H. The van der Waals surface area contributed by atoms with E-state index in [0.29, 0.717) is 13.1 Å². The molecule has 2 amide bonds. The van der Waals surface area contributed by atoms with Crippen molar-refractivity contribution in [1.29, 1.82) is 0 Å². The van der Waals surface area contributed by atoms with Crippen LogP contribution in [0.3, 0.4) is 0 Å². The van der Waals surface area contributed by atoms with Crippen LogP contribution in [0.2, 0.25) is 0 Å². The van der Waals surface area contributed by atoms with Gasteiger partial charge in [-0.25, -0.2) is 4.79 Å². The van der Waals surface area contributed by atoms with Crippen molar-refractivity contribution in [2.45, 2.75) is 6.42 Å². The van der Waals surface area contributed by atoms with Crippen LogP contribution in [0.4, 0.5) is 4.79 Å². The van der Waals surface area contributed by atoms with E-state index in [-0.39, 0.29) is 18.4 Å². The maximum Gasteiger partial charge on any atom is 0.317 e. The SMILES string of the molecule is Cl.NCCN1CCCNC1=O. The summed E-state index contributed by atoms with van der Waals surface area (Å²) in [4.78, 5) is 12.7. The van der Waals surface area contributed by atoms with Gasteiger partial charge in [-0.1, -0.05) is 0 Å². The molecule has 1 rings (SSSR count). The van der Waals surface area contributed by atoms with Gasteiger partial charge in [0, 0.05) is 26.2 Å². The monoisotopic (exact) mass is 179 g/mol. The van der Waals surface area contributed by atoms with Gasteiger partial charge in [0.2, 0.25) is 0 Å². The first-order valence-electron chi connectivity index (χ1n) is 3.57. The van der Waals surface area contributed by atoms with Crippen LogP contribution in [-0.2, 0) is 0 Å². The molecule has 0 bridgehead atoms. The van der Waals surface area contributed by atoms with Crippen LogP contribution >= 0.6 is 12.4 Å². The van der Waals surface area contributed by atoms with Crippen molar-refractivity contribution in [1.82, 2.24) is 10.2 Å². The van der Waals surface area contributed by atoms with Crippen LogP contribution in [0.1, 0.15) is 6.42 Å². The van der Waals surface area contributed by atoms with Crippen molar-refractivity contribution in [3.63, 3.8) is 0 Å². The lowest BCUT2D eigenvalue weighted by Crippen LogP contribution is -2.48. The van der Waals surface area contributed by atoms with Crippen molar-refractivity contribution in [3.05, 3.63) is 0 Å². The highest BCUT2D eigenvalue weighted by atomic mass is 35.5. The van der Waals surface area contributed by atoms with Crippen LogP contribution in [0.25, 0.3) is 0 Å². The van der Waals surface area contributed by atoms with Crippen LogP contribution < -0.4 is 11.1 Å². The van der Waals surface area contributed by atoms with Crippen molar-refractivity contribution >= 4 is 18.4 Å². The number of rotatable bonds is 2. The summed E-state index contributed by atoms with van der Waals surface area (Å²) in [6.07, 6.45) is 1.03. The molecule has 1 aliphatic heterocycles. The van der Waals surface area contributed by atoms with Crippen molar-refractivity contribution in [3.8, 4) is 0 Å². The second kappa shape index (κ2) is 5.21. The Morgan fingerprint density at radius 1 is 1.64 bits per heavy atom. The summed E-state index contributed by atoms with van der Waals surface area (Å²) in [5.41, 5.74) is 5.30. The number of nitrogens with two attached hydrogens (primary N) is 1. The Morgan fingerprint density at radius 2 is 2.36 bits per heavy atom. The van der Waals surface area contributed by atoms with Crippen LogP contribution in [0.15, 0.2) is 0 Å². The molecule has 11 heavy (non-hydrogen) atoms. The number of hydrogen-bond acceptors (Lipinski definition) is 2. The molecular weight excluding hydrogens is 166 g/mol. The average Bonchev–Trinajstić information content (AvgIpc) is 1.94. The van der Waals surface area contributed by atoms with E-state index in [1.807, 2.05) is 0 Å². The summed E-state index contributed by atoms with van der Waals surface area (Å²) in [6.45, 7) is 2.88. The Hall–Kier alpha value is -0.480. The van der Waals surface area contributed by atoms with Gasteiger partial charge < -0.3 is 16.0 Å². The third-order valence-corrected chi connectivity index (χ3v) is 1.57. The van der Waals surface area contributed by atoms with E-state index in [0.717, 1.165) is 19.5 Å². The zero-order chi connectivity index (χ0) is 7.40. The van der Waals surface area contributed by atoms with Gasteiger partial charge in [0.15, 0.2) is 0 Å². The molecule has 4 nitrogen and oxygen atoms in total. The van der Waals surface area contributed by atoms with Gasteiger partial charge in [-0.15, -0.1) is 12.4 Å². The summed E-state index contributed by atoms with van der Waals surface area (Å²) < 4.78 is 0. The van der Waals surface area contributed by atoms with Crippen LogP contribution in [0.5, 0.6) is 0 Å². The zero-order valence-electron chi connectivity index (χ0n) is 6.38. The molecule has 0 aromatic rings. The molecule has 5 heteroatoms. The third-order valence-electron chi connectivity index (χ3n) is 1.57. The van der Waals surface area contributed by atoms with Gasteiger partial charge in [0.1, 0.15) is 0 Å². The molecule has 1 heterocycles. The van der Waals surface area contributed by atoms with Crippen LogP contribution in [-0.4, -0.2) is 37.1 Å². The molecule has 0 atom stereocenters. The first kappa shape index (κ1) is 10.5. The maximum absolute atomic E-state index is 10.9. The van der Waals surface area contributed by atoms with Gasteiger partial charge in [-0.05, 0) is 6.42 Å². The molecule has 0 spiro atoms. The molecule has 66 valence electrons. The highest BCUT2D eigenvalue weighted by Gasteiger charge is 2.15. The maximum atomic E-state index is 10.9. The van der Waals surface area contributed by atoms with Crippen molar-refractivity contribution in [2.75, 3.05) is 26.2 Å². The van der Waals surface area contributed by atoms with Gasteiger partial charge >= 0.3 is 6.03 Å². The molecule has 3 N–H and O–H groups in total. The third kappa shape index (κ3) is 2.95. The van der Waals surface area contributed by atoms with Crippen molar-refractivity contribution in [2.24, 2.45) is 5.73 Å². The average molecular weight is 180 g/mol. The van der Waals surface area contributed by atoms with E-state index in [1.54, 1.807) is 4.90 Å². The zero-order valence-corrected chi connectivity index (χ0v) is 7.19. The molecule has 0 saturated carbocycles. The van der Waals surface area contributed by atoms with E-state index < -0.39 is 0 Å². The summed E-state index contributed by atoms with van der Waals surface area (Å²) >= 11 is 0. The fraction of sp³-hybridized carbons (Fsp3) is 0.833. The number of nitrogens with one attached hydrogen (secondary N) is 1. The van der Waals surface area contributed by atoms with Gasteiger partial charge in [-0.2, -0.15) is 0 Å². The number of urea groups is 1. The van der Waals surface area contributed by atoms with Gasteiger partial charge in [0.05, 0.1) is 0 Å². The second-order valence-corrected chi connectivity index (χ2v) is 2.36. The summed E-state index contributed by atoms with van der Waals surface area (Å²) in [5.74, 6) is 0. The second-order valence-electron chi connectivity index (χ2n) is 2.36. The Balaban J connectivity index is 0.000001000. The summed E-state index contributed by atoms with van der Waals surface area (Å²) in [5, 5.41) is 2.75. The minimum Gasteiger partial charge on any atom is -0.338 e. The molecule has 0 aliphatic carbocycles. The Labute approximate surface area is 72.5 Å². The number of hydrogen-bond donors (Lipinski definition) is 2. The molecule has 0 aromatic heterocycles. The molecule has 1 saturated heterocycles. The number of amides is 2. The van der Waals surface area contributed by atoms with Crippen molar-refractivity contribution < 1.29 is 4.79 Å². The molecule has 1 aliphatic rings. The molecule has 0 unspecified atom stereocenters. The quantitative estimate of drug-likeness (QED) is 0.616. The predicted octanol–water partition coefficient (Wildman–Crippen LogP) is -0.218. The predicted molar refractivity (Wildman–Crippen MR) is 45.9 cm³/mol. The Bertz CT molecular complexity index is 129. The minimum absolute atomic E-state index is 0.